The Bertz CT molecular complexity index is 2740. The van der Waals surface area contributed by atoms with Gasteiger partial charge in [0, 0.05) is 53.3 Å². The van der Waals surface area contributed by atoms with Crippen molar-refractivity contribution in [3.8, 4) is 45.4 Å². The molecule has 67 heavy (non-hydrogen) atoms. The van der Waals surface area contributed by atoms with Crippen LogP contribution in [0.3, 0.4) is 0 Å². The van der Waals surface area contributed by atoms with Crippen molar-refractivity contribution in [1.29, 1.82) is 0 Å². The fraction of sp³-hybridized carbons (Fsp3) is 0.293. The van der Waals surface area contributed by atoms with Crippen LogP contribution in [-0.2, 0) is 15.3 Å². The summed E-state index contributed by atoms with van der Waals surface area (Å²) in [6, 6.07) is 57.3. The van der Waals surface area contributed by atoms with Gasteiger partial charge in [0.05, 0.1) is 59.4 Å². The summed E-state index contributed by atoms with van der Waals surface area (Å²) in [7, 11) is 1.73. The van der Waals surface area contributed by atoms with E-state index in [9.17, 15) is 5.11 Å². The number of rotatable bonds is 20. The summed E-state index contributed by atoms with van der Waals surface area (Å²) in [5.41, 5.74) is 6.91. The lowest BCUT2D eigenvalue weighted by Crippen LogP contribution is -2.32. The second-order valence-electron chi connectivity index (χ2n) is 18.9. The third kappa shape index (κ3) is 11.1. The van der Waals surface area contributed by atoms with E-state index in [4.69, 9.17) is 33.9 Å². The Labute approximate surface area is 395 Å². The molecule has 0 saturated heterocycles. The Balaban J connectivity index is 1.35. The lowest BCUT2D eigenvalue weighted by molar-refractivity contribution is -0.0647. The second kappa shape index (κ2) is 20.1. The van der Waals surface area contributed by atoms with E-state index < -0.39 is 17.0 Å². The third-order valence-electron chi connectivity index (χ3n) is 12.2. The van der Waals surface area contributed by atoms with Crippen LogP contribution in [0.1, 0.15) is 77.5 Å². The molecule has 344 valence electrons. The SMILES string of the molecule is COC(C)(C)CCOC(C)(C)CCOc1cccc(C2(n3c(-c4cccc(OCCC(C)(C)O)c4)nc(-c4ccccc4)c3-c3ccccc3)N=C(c3ccccc3)C(c3ccccc3)=N2)c1. The molecule has 0 spiro atoms. The number of benzene rings is 6. The van der Waals surface area contributed by atoms with E-state index in [0.29, 0.717) is 50.0 Å². The molecule has 1 aliphatic heterocycles. The quantitative estimate of drug-likeness (QED) is 0.0818. The van der Waals surface area contributed by atoms with Gasteiger partial charge in [0.25, 0.3) is 5.79 Å². The predicted octanol–water partition coefficient (Wildman–Crippen LogP) is 12.5. The highest BCUT2D eigenvalue weighted by molar-refractivity contribution is 6.54. The van der Waals surface area contributed by atoms with Crippen molar-refractivity contribution < 1.29 is 24.1 Å². The van der Waals surface area contributed by atoms with Crippen molar-refractivity contribution in [1.82, 2.24) is 9.55 Å². The zero-order chi connectivity index (χ0) is 47.1. The van der Waals surface area contributed by atoms with Crippen molar-refractivity contribution in [2.75, 3.05) is 26.9 Å². The Morgan fingerprint density at radius 3 is 1.54 bits per heavy atom. The van der Waals surface area contributed by atoms with E-state index >= 15 is 0 Å². The Morgan fingerprint density at radius 2 is 0.985 bits per heavy atom. The molecule has 0 unspecified atom stereocenters. The van der Waals surface area contributed by atoms with Crippen LogP contribution in [0.15, 0.2) is 180 Å². The molecule has 8 rings (SSSR count). The van der Waals surface area contributed by atoms with Crippen LogP contribution >= 0.6 is 0 Å². The van der Waals surface area contributed by atoms with Gasteiger partial charge in [-0.25, -0.2) is 15.0 Å². The summed E-state index contributed by atoms with van der Waals surface area (Å²) in [4.78, 5) is 17.4. The third-order valence-corrected chi connectivity index (χ3v) is 12.2. The van der Waals surface area contributed by atoms with Gasteiger partial charge in [-0.1, -0.05) is 146 Å². The number of hydrogen-bond donors (Lipinski definition) is 1. The number of aliphatic hydroxyl groups is 1. The van der Waals surface area contributed by atoms with Crippen molar-refractivity contribution in [3.63, 3.8) is 0 Å². The minimum atomic E-state index is -1.45. The minimum Gasteiger partial charge on any atom is -0.493 e. The van der Waals surface area contributed by atoms with Gasteiger partial charge in [0.15, 0.2) is 0 Å². The van der Waals surface area contributed by atoms with E-state index in [2.05, 4.69) is 111 Å². The molecular weight excluding hydrogens is 833 g/mol. The average Bonchev–Trinajstić information content (AvgIpc) is 3.94. The average molecular weight is 895 g/mol. The molecule has 7 aromatic rings. The summed E-state index contributed by atoms with van der Waals surface area (Å²) in [5, 5.41) is 10.5. The van der Waals surface area contributed by atoms with Gasteiger partial charge in [0.2, 0.25) is 0 Å². The summed E-state index contributed by atoms with van der Waals surface area (Å²) >= 11 is 0. The first kappa shape index (κ1) is 46.9. The minimum absolute atomic E-state index is 0.263. The van der Waals surface area contributed by atoms with Gasteiger partial charge in [-0.2, -0.15) is 0 Å². The summed E-state index contributed by atoms with van der Waals surface area (Å²) in [5.74, 6) is 0.527. The molecule has 0 amide bonds. The van der Waals surface area contributed by atoms with Crippen LogP contribution in [0, 0.1) is 0 Å². The highest BCUT2D eigenvalue weighted by atomic mass is 16.5. The lowest BCUT2D eigenvalue weighted by Gasteiger charge is -2.30. The maximum absolute atomic E-state index is 10.5. The van der Waals surface area contributed by atoms with Crippen LogP contribution in [-0.4, -0.2) is 69.8 Å². The van der Waals surface area contributed by atoms with Gasteiger partial charge in [-0.15, -0.1) is 0 Å². The molecule has 0 bridgehead atoms. The Kier molecular flexibility index (Phi) is 14.0. The maximum atomic E-state index is 10.5. The van der Waals surface area contributed by atoms with Crippen LogP contribution in [0.5, 0.6) is 11.5 Å². The van der Waals surface area contributed by atoms with Gasteiger partial charge >= 0.3 is 0 Å². The number of aliphatic imine (C=N–C) groups is 2. The molecular formula is C58H62N4O5. The molecule has 0 atom stereocenters. The number of hydrogen-bond acceptors (Lipinski definition) is 8. The van der Waals surface area contributed by atoms with Crippen molar-refractivity contribution in [2.45, 2.75) is 83.4 Å². The van der Waals surface area contributed by atoms with E-state index in [1.54, 1.807) is 21.0 Å². The van der Waals surface area contributed by atoms with Crippen LogP contribution in [0.25, 0.3) is 33.9 Å². The molecule has 1 aromatic heterocycles. The second-order valence-corrected chi connectivity index (χ2v) is 18.9. The van der Waals surface area contributed by atoms with Crippen molar-refractivity contribution in [2.24, 2.45) is 9.98 Å². The number of methoxy groups -OCH3 is 1. The first-order chi connectivity index (χ1) is 32.2. The van der Waals surface area contributed by atoms with E-state index in [1.165, 1.54) is 0 Å². The standard InChI is InChI=1S/C58H62N4O5/c1-55(2,63)34-37-65-48-32-20-30-46(40-48)54-59-52(44-26-16-10-17-27-44)53(45-28-18-11-19-29-45)62(54)58(60-50(42-22-12-8-13-23-42)51(61-58)43-24-14-9-15-25-43)47-31-21-33-49(41-47)66-38-35-57(5,6)67-39-36-56(3,4)64-7/h8-33,40-41,63H,34-39H2,1-7H3. The van der Waals surface area contributed by atoms with E-state index in [1.807, 2.05) is 91.0 Å². The first-order valence-corrected chi connectivity index (χ1v) is 23.2. The Hall–Kier alpha value is -6.65. The fourth-order valence-corrected chi connectivity index (χ4v) is 8.07. The van der Waals surface area contributed by atoms with Crippen molar-refractivity contribution >= 4 is 11.4 Å². The molecule has 1 N–H and O–H groups in total. The van der Waals surface area contributed by atoms with E-state index in [0.717, 1.165) is 62.6 Å². The molecule has 9 heteroatoms. The number of aromatic nitrogens is 2. The molecule has 1 aliphatic rings. The highest BCUT2D eigenvalue weighted by Crippen LogP contribution is 2.47. The van der Waals surface area contributed by atoms with Crippen molar-refractivity contribution in [3.05, 3.63) is 187 Å². The molecule has 2 heterocycles. The summed E-state index contributed by atoms with van der Waals surface area (Å²) in [6.07, 6.45) is 1.91. The zero-order valence-corrected chi connectivity index (χ0v) is 39.8. The summed E-state index contributed by atoms with van der Waals surface area (Å²) in [6.45, 7) is 13.3. The predicted molar refractivity (Wildman–Crippen MR) is 270 cm³/mol. The van der Waals surface area contributed by atoms with E-state index in [-0.39, 0.29) is 5.60 Å². The van der Waals surface area contributed by atoms with Crippen LogP contribution in [0.4, 0.5) is 0 Å². The summed E-state index contributed by atoms with van der Waals surface area (Å²) < 4.78 is 27.1. The highest BCUT2D eigenvalue weighted by Gasteiger charge is 2.45. The van der Waals surface area contributed by atoms with Gasteiger partial charge in [0.1, 0.15) is 17.3 Å². The maximum Gasteiger partial charge on any atom is 0.261 e. The number of imidazole rings is 1. The molecule has 0 fully saturated rings. The largest absolute Gasteiger partial charge is 0.493 e. The molecule has 9 nitrogen and oxygen atoms in total. The smallest absolute Gasteiger partial charge is 0.261 e. The normalized spacial score (nSPS) is 13.9. The monoisotopic (exact) mass is 894 g/mol. The van der Waals surface area contributed by atoms with Crippen LogP contribution < -0.4 is 9.47 Å². The van der Waals surface area contributed by atoms with Gasteiger partial charge in [-0.05, 0) is 72.2 Å². The number of nitrogens with zero attached hydrogens (tertiary/aromatic N) is 4. The zero-order valence-electron chi connectivity index (χ0n) is 39.8. The lowest BCUT2D eigenvalue weighted by atomic mass is 10.0. The molecule has 0 aliphatic carbocycles. The van der Waals surface area contributed by atoms with Gasteiger partial charge < -0.3 is 24.1 Å². The Morgan fingerprint density at radius 1 is 0.507 bits per heavy atom. The topological polar surface area (TPSA) is 99.7 Å². The molecule has 0 radical (unpaired) electrons. The number of ether oxygens (including phenoxy) is 4. The van der Waals surface area contributed by atoms with Gasteiger partial charge in [-0.3, -0.25) is 4.57 Å². The van der Waals surface area contributed by atoms with Crippen LogP contribution in [0.2, 0.25) is 0 Å². The first-order valence-electron chi connectivity index (χ1n) is 23.2. The molecule has 6 aromatic carbocycles. The fourth-order valence-electron chi connectivity index (χ4n) is 8.07. The molecule has 0 saturated carbocycles.